The largest absolute Gasteiger partial charge is 0.450 e. The number of benzene rings is 1. The zero-order valence-electron chi connectivity index (χ0n) is 13.8. The highest BCUT2D eigenvalue weighted by atomic mass is 35.5. The molecule has 0 unspecified atom stereocenters. The van der Waals surface area contributed by atoms with E-state index in [1.165, 1.54) is 24.5 Å². The molecule has 0 aliphatic rings. The van der Waals surface area contributed by atoms with Crippen molar-refractivity contribution in [2.75, 3.05) is 11.1 Å². The van der Waals surface area contributed by atoms with Crippen LogP contribution in [-0.4, -0.2) is 19.9 Å². The summed E-state index contributed by atoms with van der Waals surface area (Å²) in [5.41, 5.74) is 6.01. The second-order valence-electron chi connectivity index (χ2n) is 5.60. The maximum absolute atomic E-state index is 14.5. The quantitative estimate of drug-likeness (QED) is 0.397. The Hall–Kier alpha value is -3.17. The van der Waals surface area contributed by atoms with Gasteiger partial charge in [0.15, 0.2) is 17.4 Å². The molecule has 142 valence electrons. The lowest BCUT2D eigenvalue weighted by molar-refractivity contribution is 0.411. The number of aromatic nitrogens is 4. The van der Waals surface area contributed by atoms with Crippen molar-refractivity contribution in [1.82, 2.24) is 19.9 Å². The monoisotopic (exact) mass is 422 g/mol. The lowest BCUT2D eigenvalue weighted by Crippen LogP contribution is -2.01. The third kappa shape index (κ3) is 3.49. The van der Waals surface area contributed by atoms with Gasteiger partial charge in [-0.2, -0.15) is 4.98 Å². The van der Waals surface area contributed by atoms with Gasteiger partial charge in [0.05, 0.1) is 10.4 Å². The highest BCUT2D eigenvalue weighted by molar-refractivity contribution is 6.36. The number of halogens is 4. The Balaban J connectivity index is 1.67. The average Bonchev–Trinajstić information content (AvgIpc) is 2.99. The van der Waals surface area contributed by atoms with E-state index in [1.807, 2.05) is 0 Å². The number of anilines is 3. The lowest BCUT2D eigenvalue weighted by Gasteiger charge is -2.12. The van der Waals surface area contributed by atoms with Gasteiger partial charge < -0.3 is 20.8 Å². The van der Waals surface area contributed by atoms with Crippen molar-refractivity contribution in [1.29, 1.82) is 0 Å². The zero-order valence-corrected chi connectivity index (χ0v) is 15.3. The van der Waals surface area contributed by atoms with Crippen LogP contribution in [0.3, 0.4) is 0 Å². The second-order valence-corrected chi connectivity index (χ2v) is 6.39. The standard InChI is InChI=1S/C17H10Cl2F2N6O/c18-8-6-24-16-14(8)11(1-2-23-16)28-15-9(20)3-7(4-10(15)21)25-13-5-12(19)26-17(22)27-13/h1-6H,(H,23,24)(H3,22,25,26,27). The van der Waals surface area contributed by atoms with Gasteiger partial charge in [0, 0.05) is 36.3 Å². The van der Waals surface area contributed by atoms with E-state index in [4.69, 9.17) is 33.7 Å². The van der Waals surface area contributed by atoms with Crippen molar-refractivity contribution in [3.8, 4) is 11.5 Å². The number of hydrogen-bond acceptors (Lipinski definition) is 6. The van der Waals surface area contributed by atoms with Crippen LogP contribution in [0.4, 0.5) is 26.2 Å². The predicted molar refractivity (Wildman–Crippen MR) is 102 cm³/mol. The van der Waals surface area contributed by atoms with E-state index in [-0.39, 0.29) is 28.4 Å². The Labute approximate surface area is 166 Å². The molecule has 0 saturated heterocycles. The molecule has 3 aromatic heterocycles. The minimum atomic E-state index is -0.938. The fourth-order valence-corrected chi connectivity index (χ4v) is 2.99. The van der Waals surface area contributed by atoms with Crippen LogP contribution >= 0.6 is 23.2 Å². The number of hydrogen-bond donors (Lipinski definition) is 3. The summed E-state index contributed by atoms with van der Waals surface area (Å²) in [7, 11) is 0. The Kier molecular flexibility index (Phi) is 4.62. The summed E-state index contributed by atoms with van der Waals surface area (Å²) in [4.78, 5) is 14.5. The maximum atomic E-state index is 14.5. The molecular formula is C17H10Cl2F2N6O. The summed E-state index contributed by atoms with van der Waals surface area (Å²) in [6.45, 7) is 0. The van der Waals surface area contributed by atoms with E-state index in [9.17, 15) is 8.78 Å². The highest BCUT2D eigenvalue weighted by Crippen LogP contribution is 2.36. The van der Waals surface area contributed by atoms with Gasteiger partial charge in [-0.3, -0.25) is 0 Å². The van der Waals surface area contributed by atoms with Crippen LogP contribution in [0.15, 0.2) is 36.7 Å². The first-order valence-corrected chi connectivity index (χ1v) is 8.52. The third-order valence-corrected chi connectivity index (χ3v) is 4.17. The normalized spacial score (nSPS) is 11.0. The van der Waals surface area contributed by atoms with Gasteiger partial charge >= 0.3 is 0 Å². The van der Waals surface area contributed by atoms with E-state index >= 15 is 0 Å². The minimum absolute atomic E-state index is 0.0797. The van der Waals surface area contributed by atoms with Gasteiger partial charge in [-0.05, 0) is 6.07 Å². The van der Waals surface area contributed by atoms with Crippen molar-refractivity contribution < 1.29 is 13.5 Å². The van der Waals surface area contributed by atoms with Gasteiger partial charge in [-0.25, -0.2) is 18.7 Å². The number of nitrogens with zero attached hydrogens (tertiary/aromatic N) is 3. The molecule has 0 aliphatic carbocycles. The van der Waals surface area contributed by atoms with Crippen LogP contribution in [0.2, 0.25) is 10.2 Å². The number of H-pyrrole nitrogens is 1. The molecule has 0 amide bonds. The van der Waals surface area contributed by atoms with Crippen molar-refractivity contribution in [3.05, 3.63) is 58.5 Å². The molecule has 11 heteroatoms. The van der Waals surface area contributed by atoms with E-state index in [2.05, 4.69) is 25.3 Å². The van der Waals surface area contributed by atoms with Crippen LogP contribution in [0.25, 0.3) is 11.0 Å². The molecule has 4 aromatic rings. The summed E-state index contributed by atoms with van der Waals surface area (Å²) in [6.07, 6.45) is 2.93. The summed E-state index contributed by atoms with van der Waals surface area (Å²) < 4.78 is 34.5. The number of nitrogens with one attached hydrogen (secondary N) is 2. The summed E-state index contributed by atoms with van der Waals surface area (Å²) >= 11 is 11.9. The molecule has 0 aliphatic heterocycles. The number of rotatable bonds is 4. The number of fused-ring (bicyclic) bond motifs is 1. The maximum Gasteiger partial charge on any atom is 0.223 e. The number of aromatic amines is 1. The Morgan fingerprint density at radius 3 is 2.57 bits per heavy atom. The van der Waals surface area contributed by atoms with Crippen molar-refractivity contribution in [2.24, 2.45) is 0 Å². The Morgan fingerprint density at radius 2 is 1.86 bits per heavy atom. The molecule has 3 heterocycles. The van der Waals surface area contributed by atoms with Crippen LogP contribution in [0, 0.1) is 11.6 Å². The SMILES string of the molecule is Nc1nc(Cl)cc(Nc2cc(F)c(Oc3ccnc4[nH]cc(Cl)c34)c(F)c2)n1. The highest BCUT2D eigenvalue weighted by Gasteiger charge is 2.17. The lowest BCUT2D eigenvalue weighted by atomic mass is 10.2. The van der Waals surface area contributed by atoms with Crippen molar-refractivity contribution in [3.63, 3.8) is 0 Å². The van der Waals surface area contributed by atoms with Crippen LogP contribution < -0.4 is 15.8 Å². The fraction of sp³-hybridized carbons (Fsp3) is 0. The summed E-state index contributed by atoms with van der Waals surface area (Å²) in [6, 6.07) is 4.90. The van der Waals surface area contributed by atoms with Crippen LogP contribution in [0.5, 0.6) is 11.5 Å². The molecule has 1 aromatic carbocycles. The van der Waals surface area contributed by atoms with Gasteiger partial charge in [-0.1, -0.05) is 23.2 Å². The summed E-state index contributed by atoms with van der Waals surface area (Å²) in [5, 5.41) is 3.52. The zero-order chi connectivity index (χ0) is 19.8. The molecule has 0 bridgehead atoms. The first kappa shape index (κ1) is 18.2. The Bertz CT molecular complexity index is 1160. The minimum Gasteiger partial charge on any atom is -0.450 e. The number of pyridine rings is 1. The van der Waals surface area contributed by atoms with E-state index in [0.717, 1.165) is 12.1 Å². The molecular weight excluding hydrogens is 413 g/mol. The van der Waals surface area contributed by atoms with E-state index in [1.54, 1.807) is 0 Å². The number of nitrogens with two attached hydrogens (primary N) is 1. The van der Waals surface area contributed by atoms with Crippen LogP contribution in [0.1, 0.15) is 0 Å². The van der Waals surface area contributed by atoms with Crippen LogP contribution in [-0.2, 0) is 0 Å². The molecule has 0 spiro atoms. The smallest absolute Gasteiger partial charge is 0.223 e. The van der Waals surface area contributed by atoms with Gasteiger partial charge in [0.1, 0.15) is 22.4 Å². The van der Waals surface area contributed by atoms with Gasteiger partial charge in [0.2, 0.25) is 5.95 Å². The van der Waals surface area contributed by atoms with Gasteiger partial charge in [-0.15, -0.1) is 0 Å². The molecule has 4 N–H and O–H groups in total. The Morgan fingerprint density at radius 1 is 1.11 bits per heavy atom. The van der Waals surface area contributed by atoms with E-state index in [0.29, 0.717) is 16.1 Å². The van der Waals surface area contributed by atoms with Crippen molar-refractivity contribution in [2.45, 2.75) is 0 Å². The first-order valence-electron chi connectivity index (χ1n) is 7.76. The molecule has 0 fully saturated rings. The molecule has 4 rings (SSSR count). The van der Waals surface area contributed by atoms with Gasteiger partial charge in [0.25, 0.3) is 0 Å². The fourth-order valence-electron chi connectivity index (χ4n) is 2.56. The van der Waals surface area contributed by atoms with Crippen molar-refractivity contribution >= 4 is 51.7 Å². The first-order chi connectivity index (χ1) is 13.4. The van der Waals surface area contributed by atoms with E-state index < -0.39 is 17.4 Å². The molecule has 28 heavy (non-hydrogen) atoms. The predicted octanol–water partition coefficient (Wildman–Crippen LogP) is 5.06. The average molecular weight is 423 g/mol. The number of ether oxygens (including phenoxy) is 1. The molecule has 0 atom stereocenters. The topological polar surface area (TPSA) is 102 Å². The molecule has 0 saturated carbocycles. The third-order valence-electron chi connectivity index (χ3n) is 3.68. The number of nitrogen functional groups attached to an aromatic ring is 1. The second kappa shape index (κ2) is 7.10. The molecule has 0 radical (unpaired) electrons. The molecule has 7 nitrogen and oxygen atoms in total. The summed E-state index contributed by atoms with van der Waals surface area (Å²) in [5.74, 6) is -2.21.